The van der Waals surface area contributed by atoms with Gasteiger partial charge in [-0.25, -0.2) is 13.2 Å². The van der Waals surface area contributed by atoms with Crippen LogP contribution in [0, 0.1) is 23.4 Å². The van der Waals surface area contributed by atoms with Crippen LogP contribution in [-0.4, -0.2) is 29.1 Å². The number of benzene rings is 1. The van der Waals surface area contributed by atoms with Gasteiger partial charge in [0.25, 0.3) is 0 Å². The normalized spacial score (nSPS) is 14.7. The average molecular weight is 332 g/mol. The van der Waals surface area contributed by atoms with Crippen molar-refractivity contribution >= 4 is 17.5 Å². The second kappa shape index (κ2) is 7.45. The number of rotatable bonds is 5. The molecule has 23 heavy (non-hydrogen) atoms. The van der Waals surface area contributed by atoms with Gasteiger partial charge in [-0.1, -0.05) is 20.3 Å². The standard InChI is InChI=1S/C15H19F3N2O3/c1-4-8(2)15(3,23)7-19-13(21)14(22)20-10-6-5-9(16)11(17)12(10)18/h5-6,8,23H,4,7H2,1-3H3,(H,19,21)(H,20,22)/t8-,15-/m0/s1. The van der Waals surface area contributed by atoms with Gasteiger partial charge in [0.05, 0.1) is 11.3 Å². The van der Waals surface area contributed by atoms with E-state index in [1.807, 2.05) is 12.2 Å². The van der Waals surface area contributed by atoms with E-state index in [0.717, 1.165) is 6.07 Å². The number of carbonyl (C=O) groups excluding carboxylic acids is 2. The van der Waals surface area contributed by atoms with Gasteiger partial charge in [-0.2, -0.15) is 0 Å². The molecule has 0 saturated heterocycles. The van der Waals surface area contributed by atoms with Crippen molar-refractivity contribution in [2.24, 2.45) is 5.92 Å². The Kier molecular flexibility index (Phi) is 6.14. The van der Waals surface area contributed by atoms with Gasteiger partial charge >= 0.3 is 11.8 Å². The van der Waals surface area contributed by atoms with Crippen molar-refractivity contribution in [1.82, 2.24) is 5.32 Å². The van der Waals surface area contributed by atoms with Gasteiger partial charge in [0, 0.05) is 6.54 Å². The topological polar surface area (TPSA) is 78.4 Å². The molecule has 2 atom stereocenters. The van der Waals surface area contributed by atoms with Gasteiger partial charge in [-0.15, -0.1) is 0 Å². The van der Waals surface area contributed by atoms with E-state index >= 15 is 0 Å². The van der Waals surface area contributed by atoms with E-state index in [2.05, 4.69) is 5.32 Å². The molecule has 0 aliphatic heterocycles. The second-order valence-corrected chi connectivity index (χ2v) is 5.53. The molecular formula is C15H19F3N2O3. The zero-order valence-corrected chi connectivity index (χ0v) is 13.0. The molecule has 5 nitrogen and oxygen atoms in total. The van der Waals surface area contributed by atoms with Gasteiger partial charge in [-0.05, 0) is 25.0 Å². The first-order chi connectivity index (χ1) is 10.6. The number of carbonyl (C=O) groups is 2. The van der Waals surface area contributed by atoms with E-state index in [0.29, 0.717) is 12.5 Å². The molecule has 0 fully saturated rings. The minimum Gasteiger partial charge on any atom is -0.388 e. The first-order valence-electron chi connectivity index (χ1n) is 7.05. The molecule has 0 radical (unpaired) electrons. The first kappa shape index (κ1) is 19.0. The molecule has 0 aliphatic rings. The van der Waals surface area contributed by atoms with E-state index < -0.39 is 40.6 Å². The molecule has 0 aromatic heterocycles. The van der Waals surface area contributed by atoms with Crippen molar-refractivity contribution < 1.29 is 27.9 Å². The third kappa shape index (κ3) is 4.69. The molecule has 0 unspecified atom stereocenters. The molecule has 1 rings (SSSR count). The van der Waals surface area contributed by atoms with E-state index in [-0.39, 0.29) is 12.5 Å². The Balaban J connectivity index is 2.69. The largest absolute Gasteiger partial charge is 0.388 e. The highest BCUT2D eigenvalue weighted by Crippen LogP contribution is 2.20. The number of amides is 2. The van der Waals surface area contributed by atoms with Crippen molar-refractivity contribution in [3.05, 3.63) is 29.6 Å². The van der Waals surface area contributed by atoms with Crippen molar-refractivity contribution in [3.63, 3.8) is 0 Å². The summed E-state index contributed by atoms with van der Waals surface area (Å²) in [4.78, 5) is 23.3. The maximum atomic E-state index is 13.4. The van der Waals surface area contributed by atoms with Crippen LogP contribution in [0.4, 0.5) is 18.9 Å². The fourth-order valence-electron chi connectivity index (χ4n) is 1.76. The van der Waals surface area contributed by atoms with Crippen molar-refractivity contribution in [3.8, 4) is 0 Å². The molecule has 1 aromatic rings. The summed E-state index contributed by atoms with van der Waals surface area (Å²) in [5, 5.41) is 14.2. The van der Waals surface area contributed by atoms with Crippen LogP contribution in [0.15, 0.2) is 12.1 Å². The van der Waals surface area contributed by atoms with Crippen LogP contribution in [0.3, 0.4) is 0 Å². The smallest absolute Gasteiger partial charge is 0.313 e. The maximum Gasteiger partial charge on any atom is 0.313 e. The van der Waals surface area contributed by atoms with Crippen LogP contribution in [0.2, 0.25) is 0 Å². The van der Waals surface area contributed by atoms with Crippen LogP contribution >= 0.6 is 0 Å². The van der Waals surface area contributed by atoms with Crippen LogP contribution in [0.25, 0.3) is 0 Å². The molecule has 0 bridgehead atoms. The maximum absolute atomic E-state index is 13.4. The lowest BCUT2D eigenvalue weighted by Crippen LogP contribution is -2.47. The molecule has 0 spiro atoms. The summed E-state index contributed by atoms with van der Waals surface area (Å²) >= 11 is 0. The van der Waals surface area contributed by atoms with Crippen molar-refractivity contribution in [2.75, 3.05) is 11.9 Å². The number of hydrogen-bond donors (Lipinski definition) is 3. The lowest BCUT2D eigenvalue weighted by molar-refractivity contribution is -0.137. The van der Waals surface area contributed by atoms with Gasteiger partial charge in [0.1, 0.15) is 0 Å². The highest BCUT2D eigenvalue weighted by Gasteiger charge is 2.28. The predicted octanol–water partition coefficient (Wildman–Crippen LogP) is 1.96. The third-order valence-corrected chi connectivity index (χ3v) is 3.77. The predicted molar refractivity (Wildman–Crippen MR) is 78.0 cm³/mol. The number of nitrogens with one attached hydrogen (secondary N) is 2. The Morgan fingerprint density at radius 3 is 2.39 bits per heavy atom. The zero-order valence-electron chi connectivity index (χ0n) is 13.0. The number of halogens is 3. The van der Waals surface area contributed by atoms with E-state index in [1.54, 1.807) is 6.92 Å². The van der Waals surface area contributed by atoms with Crippen LogP contribution < -0.4 is 10.6 Å². The quantitative estimate of drug-likeness (QED) is 0.570. The Hall–Kier alpha value is -2.09. The highest BCUT2D eigenvalue weighted by molar-refractivity contribution is 6.39. The monoisotopic (exact) mass is 332 g/mol. The van der Waals surface area contributed by atoms with Crippen molar-refractivity contribution in [1.29, 1.82) is 0 Å². The van der Waals surface area contributed by atoms with Crippen molar-refractivity contribution in [2.45, 2.75) is 32.8 Å². The minimum absolute atomic E-state index is 0.130. The lowest BCUT2D eigenvalue weighted by atomic mass is 9.89. The minimum atomic E-state index is -1.75. The first-order valence-corrected chi connectivity index (χ1v) is 7.05. The second-order valence-electron chi connectivity index (χ2n) is 5.53. The Labute approximate surface area is 131 Å². The molecule has 1 aromatic carbocycles. The van der Waals surface area contributed by atoms with Gasteiger partial charge in [0.15, 0.2) is 17.5 Å². The molecule has 3 N–H and O–H groups in total. The van der Waals surface area contributed by atoms with E-state index in [9.17, 15) is 27.9 Å². The number of hydrogen-bond acceptors (Lipinski definition) is 3. The molecule has 0 heterocycles. The molecule has 8 heteroatoms. The van der Waals surface area contributed by atoms with Crippen LogP contribution in [-0.2, 0) is 9.59 Å². The average Bonchev–Trinajstić information content (AvgIpc) is 2.52. The third-order valence-electron chi connectivity index (χ3n) is 3.77. The van der Waals surface area contributed by atoms with E-state index in [4.69, 9.17) is 0 Å². The highest BCUT2D eigenvalue weighted by atomic mass is 19.2. The summed E-state index contributed by atoms with van der Waals surface area (Å²) in [6.07, 6.45) is 0.662. The van der Waals surface area contributed by atoms with Crippen LogP contribution in [0.1, 0.15) is 27.2 Å². The summed E-state index contributed by atoms with van der Waals surface area (Å²) in [5.41, 5.74) is -1.88. The number of aliphatic hydroxyl groups is 1. The summed E-state index contributed by atoms with van der Waals surface area (Å²) in [6, 6.07) is 1.42. The summed E-state index contributed by atoms with van der Waals surface area (Å²) in [6.45, 7) is 4.96. The van der Waals surface area contributed by atoms with Gasteiger partial charge in [0.2, 0.25) is 0 Å². The summed E-state index contributed by atoms with van der Waals surface area (Å²) < 4.78 is 39.2. The molecule has 2 amide bonds. The summed E-state index contributed by atoms with van der Waals surface area (Å²) in [7, 11) is 0. The Morgan fingerprint density at radius 1 is 1.22 bits per heavy atom. The molecule has 0 saturated carbocycles. The SMILES string of the molecule is CC[C@H](C)[C@@](C)(O)CNC(=O)C(=O)Nc1ccc(F)c(F)c1F. The van der Waals surface area contributed by atoms with E-state index in [1.165, 1.54) is 6.92 Å². The van der Waals surface area contributed by atoms with Gasteiger partial charge < -0.3 is 15.7 Å². The molecule has 0 aliphatic carbocycles. The Morgan fingerprint density at radius 2 is 1.83 bits per heavy atom. The fourth-order valence-corrected chi connectivity index (χ4v) is 1.76. The zero-order chi connectivity index (χ0) is 17.8. The summed E-state index contributed by atoms with van der Waals surface area (Å²) in [5.74, 6) is -7.27. The molecular weight excluding hydrogens is 313 g/mol. The Bertz CT molecular complexity index is 606. The fraction of sp³-hybridized carbons (Fsp3) is 0.467. The van der Waals surface area contributed by atoms with Crippen LogP contribution in [0.5, 0.6) is 0 Å². The number of anilines is 1. The lowest BCUT2D eigenvalue weighted by Gasteiger charge is -2.29. The molecule has 128 valence electrons. The van der Waals surface area contributed by atoms with Gasteiger partial charge in [-0.3, -0.25) is 9.59 Å².